The highest BCUT2D eigenvalue weighted by Crippen LogP contribution is 2.22. The van der Waals surface area contributed by atoms with E-state index in [9.17, 15) is 14.3 Å². The van der Waals surface area contributed by atoms with E-state index in [4.69, 9.17) is 0 Å². The van der Waals surface area contributed by atoms with Gasteiger partial charge in [0.05, 0.1) is 17.4 Å². The molecule has 2 aromatic rings. The monoisotopic (exact) mass is 324 g/mol. The molecule has 5 heteroatoms. The maximum absolute atomic E-state index is 13.3. The molecule has 1 heterocycles. The average Bonchev–Trinajstić information content (AvgIpc) is 2.82. The van der Waals surface area contributed by atoms with E-state index >= 15 is 0 Å². The number of para-hydroxylation sites is 1. The summed E-state index contributed by atoms with van der Waals surface area (Å²) in [6.07, 6.45) is 0.317. The van der Waals surface area contributed by atoms with Crippen LogP contribution in [0.15, 0.2) is 70.9 Å². The molecule has 0 spiro atoms. The van der Waals surface area contributed by atoms with E-state index in [1.807, 2.05) is 30.3 Å². The number of aliphatic hydroxyl groups is 1. The number of carbonyl (C=O) groups is 1. The summed E-state index contributed by atoms with van der Waals surface area (Å²) in [5.41, 5.74) is 2.03. The van der Waals surface area contributed by atoms with Crippen LogP contribution in [0.1, 0.15) is 12.5 Å². The number of hydrogen-bond acceptors (Lipinski definition) is 3. The molecule has 1 aliphatic heterocycles. The number of benzene rings is 2. The molecule has 122 valence electrons. The van der Waals surface area contributed by atoms with Crippen molar-refractivity contribution in [1.29, 1.82) is 0 Å². The van der Waals surface area contributed by atoms with Gasteiger partial charge in [0.2, 0.25) is 0 Å². The van der Waals surface area contributed by atoms with Gasteiger partial charge in [0.15, 0.2) is 0 Å². The molecule has 1 aliphatic rings. The summed E-state index contributed by atoms with van der Waals surface area (Å²) in [6, 6.07) is 14.7. The van der Waals surface area contributed by atoms with Crippen LogP contribution in [0.25, 0.3) is 0 Å². The average molecular weight is 324 g/mol. The molecule has 0 aromatic heterocycles. The van der Waals surface area contributed by atoms with E-state index < -0.39 is 6.04 Å². The molecule has 1 amide bonds. The maximum atomic E-state index is 13.3. The molecular formula is C19H17FN2O2. The molecule has 3 rings (SSSR count). The first-order valence-electron chi connectivity index (χ1n) is 7.64. The molecule has 0 aliphatic carbocycles. The van der Waals surface area contributed by atoms with Crippen LogP contribution in [0.3, 0.4) is 0 Å². The van der Waals surface area contributed by atoms with Crippen LogP contribution in [0, 0.1) is 5.82 Å². The van der Waals surface area contributed by atoms with Gasteiger partial charge in [-0.05, 0) is 36.8 Å². The summed E-state index contributed by atoms with van der Waals surface area (Å²) >= 11 is 0. The number of aliphatic hydroxyl groups excluding tert-OH is 1. The lowest BCUT2D eigenvalue weighted by atomic mass is 10.0. The Morgan fingerprint density at radius 1 is 1.21 bits per heavy atom. The minimum Gasteiger partial charge on any atom is -0.509 e. The Morgan fingerprint density at radius 2 is 1.96 bits per heavy atom. The second kappa shape index (κ2) is 6.66. The van der Waals surface area contributed by atoms with E-state index in [-0.39, 0.29) is 23.1 Å². The lowest BCUT2D eigenvalue weighted by Gasteiger charge is -2.11. The van der Waals surface area contributed by atoms with Crippen molar-refractivity contribution in [3.63, 3.8) is 0 Å². The number of hydrogen-bond donors (Lipinski definition) is 2. The molecule has 0 saturated heterocycles. The van der Waals surface area contributed by atoms with Crippen LogP contribution in [0.4, 0.5) is 10.1 Å². The van der Waals surface area contributed by atoms with Gasteiger partial charge >= 0.3 is 0 Å². The Bertz CT molecular complexity index is 828. The van der Waals surface area contributed by atoms with Crippen molar-refractivity contribution in [2.75, 3.05) is 0 Å². The lowest BCUT2D eigenvalue weighted by Crippen LogP contribution is -2.31. The van der Waals surface area contributed by atoms with Crippen molar-refractivity contribution in [2.24, 2.45) is 4.99 Å². The van der Waals surface area contributed by atoms with Crippen LogP contribution in [-0.2, 0) is 11.2 Å². The summed E-state index contributed by atoms with van der Waals surface area (Å²) in [4.78, 5) is 16.6. The van der Waals surface area contributed by atoms with Gasteiger partial charge in [0, 0.05) is 6.42 Å². The molecule has 2 N–H and O–H groups in total. The Hall–Kier alpha value is -2.95. The summed E-state index contributed by atoms with van der Waals surface area (Å²) in [5, 5.41) is 13.1. The number of halogens is 1. The second-order valence-corrected chi connectivity index (χ2v) is 5.65. The fourth-order valence-electron chi connectivity index (χ4n) is 2.74. The molecule has 1 atom stereocenters. The predicted octanol–water partition coefficient (Wildman–Crippen LogP) is 3.47. The fraction of sp³-hybridized carbons (Fsp3) is 0.158. The third-order valence-corrected chi connectivity index (χ3v) is 3.86. The molecular weight excluding hydrogens is 307 g/mol. The predicted molar refractivity (Wildman–Crippen MR) is 90.9 cm³/mol. The van der Waals surface area contributed by atoms with Crippen LogP contribution in [-0.4, -0.2) is 22.8 Å². The van der Waals surface area contributed by atoms with Gasteiger partial charge in [0.25, 0.3) is 5.91 Å². The van der Waals surface area contributed by atoms with Gasteiger partial charge in [-0.25, -0.2) is 4.39 Å². The van der Waals surface area contributed by atoms with Crippen molar-refractivity contribution in [1.82, 2.24) is 5.32 Å². The molecule has 0 saturated carbocycles. The molecule has 24 heavy (non-hydrogen) atoms. The zero-order chi connectivity index (χ0) is 17.1. The molecule has 4 nitrogen and oxygen atoms in total. The third-order valence-electron chi connectivity index (χ3n) is 3.86. The number of amides is 1. The summed E-state index contributed by atoms with van der Waals surface area (Å²) in [5.74, 6) is -0.769. The van der Waals surface area contributed by atoms with Crippen molar-refractivity contribution in [2.45, 2.75) is 19.4 Å². The lowest BCUT2D eigenvalue weighted by molar-refractivity contribution is -0.116. The Labute approximate surface area is 139 Å². The van der Waals surface area contributed by atoms with Crippen molar-refractivity contribution in [3.05, 3.63) is 77.3 Å². The van der Waals surface area contributed by atoms with E-state index in [1.165, 1.54) is 12.1 Å². The minimum atomic E-state index is -0.574. The standard InChI is InChI=1S/C19H17FN2O2/c1-12(21-15-8-3-2-4-9-15)17-18(23)16(22-19(17)24)11-13-6-5-7-14(20)10-13/h2-10,16,23H,11H2,1H3,(H,22,24)/t16-/m1/s1. The number of rotatable bonds is 4. The largest absolute Gasteiger partial charge is 0.509 e. The highest BCUT2D eigenvalue weighted by molar-refractivity contribution is 6.23. The third kappa shape index (κ3) is 3.35. The maximum Gasteiger partial charge on any atom is 0.257 e. The number of carbonyl (C=O) groups excluding carboxylic acids is 1. The van der Waals surface area contributed by atoms with Crippen molar-refractivity contribution >= 4 is 17.3 Å². The highest BCUT2D eigenvalue weighted by Gasteiger charge is 2.33. The zero-order valence-electron chi connectivity index (χ0n) is 13.2. The SMILES string of the molecule is CC(=Nc1ccccc1)C1=C(O)[C@@H](Cc2cccc(F)c2)NC1=O. The first-order chi connectivity index (χ1) is 11.5. The van der Waals surface area contributed by atoms with Gasteiger partial charge < -0.3 is 10.4 Å². The smallest absolute Gasteiger partial charge is 0.257 e. The van der Waals surface area contributed by atoms with Crippen molar-refractivity contribution in [3.8, 4) is 0 Å². The summed E-state index contributed by atoms with van der Waals surface area (Å²) in [6.45, 7) is 1.68. The molecule has 2 aromatic carbocycles. The van der Waals surface area contributed by atoms with Gasteiger partial charge in [-0.2, -0.15) is 0 Å². The van der Waals surface area contributed by atoms with Crippen LogP contribution in [0.5, 0.6) is 0 Å². The van der Waals surface area contributed by atoms with Gasteiger partial charge in [-0.3, -0.25) is 9.79 Å². The topological polar surface area (TPSA) is 61.7 Å². The first kappa shape index (κ1) is 15.9. The van der Waals surface area contributed by atoms with E-state index in [1.54, 1.807) is 19.1 Å². The van der Waals surface area contributed by atoms with Gasteiger partial charge in [-0.1, -0.05) is 30.3 Å². The van der Waals surface area contributed by atoms with Crippen LogP contribution in [0.2, 0.25) is 0 Å². The summed E-state index contributed by atoms with van der Waals surface area (Å²) in [7, 11) is 0. The number of nitrogens with one attached hydrogen (secondary N) is 1. The number of aliphatic imine (C=N–C) groups is 1. The number of nitrogens with zero attached hydrogens (tertiary/aromatic N) is 1. The van der Waals surface area contributed by atoms with E-state index in [2.05, 4.69) is 10.3 Å². The second-order valence-electron chi connectivity index (χ2n) is 5.65. The quantitative estimate of drug-likeness (QED) is 0.846. The minimum absolute atomic E-state index is 0.0542. The molecule has 0 radical (unpaired) electrons. The first-order valence-corrected chi connectivity index (χ1v) is 7.64. The molecule has 0 unspecified atom stereocenters. The Morgan fingerprint density at radius 3 is 2.67 bits per heavy atom. The van der Waals surface area contributed by atoms with Crippen LogP contribution < -0.4 is 5.32 Å². The van der Waals surface area contributed by atoms with Crippen molar-refractivity contribution < 1.29 is 14.3 Å². The zero-order valence-corrected chi connectivity index (χ0v) is 13.2. The summed E-state index contributed by atoms with van der Waals surface area (Å²) < 4.78 is 13.3. The van der Waals surface area contributed by atoms with Gasteiger partial charge in [0.1, 0.15) is 17.1 Å². The van der Waals surface area contributed by atoms with Gasteiger partial charge in [-0.15, -0.1) is 0 Å². The Balaban J connectivity index is 1.86. The fourth-order valence-corrected chi connectivity index (χ4v) is 2.74. The molecule has 0 fully saturated rings. The molecule has 0 bridgehead atoms. The normalized spacial score (nSPS) is 18.0. The van der Waals surface area contributed by atoms with Crippen LogP contribution >= 0.6 is 0 Å². The highest BCUT2D eigenvalue weighted by atomic mass is 19.1. The van der Waals surface area contributed by atoms with E-state index in [0.717, 1.165) is 0 Å². The Kier molecular flexibility index (Phi) is 4.42. The van der Waals surface area contributed by atoms with E-state index in [0.29, 0.717) is 23.4 Å².